The highest BCUT2D eigenvalue weighted by atomic mass is 16.3. The Balaban J connectivity index is 3.80. The molecule has 15 heavy (non-hydrogen) atoms. The van der Waals surface area contributed by atoms with Gasteiger partial charge in [0.05, 0.1) is 0 Å². The van der Waals surface area contributed by atoms with Gasteiger partial charge in [0.25, 0.3) is 0 Å². The molecule has 0 aliphatic heterocycles. The average molecular weight is 215 g/mol. The van der Waals surface area contributed by atoms with Gasteiger partial charge in [-0.25, -0.2) is 0 Å². The van der Waals surface area contributed by atoms with E-state index in [1.54, 1.807) is 0 Å². The highest BCUT2D eigenvalue weighted by Crippen LogP contribution is 2.24. The van der Waals surface area contributed by atoms with Gasteiger partial charge in [-0.1, -0.05) is 34.1 Å². The zero-order valence-electron chi connectivity index (χ0n) is 11.0. The monoisotopic (exact) mass is 215 g/mol. The Hall–Kier alpha value is -0.0800. The van der Waals surface area contributed by atoms with Crippen molar-refractivity contribution >= 4 is 0 Å². The van der Waals surface area contributed by atoms with Crippen LogP contribution < -0.4 is 5.32 Å². The van der Waals surface area contributed by atoms with Crippen molar-refractivity contribution in [1.29, 1.82) is 0 Å². The second-order valence-electron chi connectivity index (χ2n) is 4.89. The molecule has 0 spiro atoms. The predicted octanol–water partition coefficient (Wildman–Crippen LogP) is 2.81. The first kappa shape index (κ1) is 14.9. The zero-order chi connectivity index (χ0) is 11.7. The van der Waals surface area contributed by atoms with Crippen LogP contribution in [0.5, 0.6) is 0 Å². The minimum absolute atomic E-state index is 0.103. The molecule has 0 aromatic carbocycles. The quantitative estimate of drug-likeness (QED) is 0.620. The van der Waals surface area contributed by atoms with Crippen LogP contribution in [-0.2, 0) is 0 Å². The topological polar surface area (TPSA) is 32.3 Å². The summed E-state index contributed by atoms with van der Waals surface area (Å²) in [5.74, 6) is 0.750. The highest BCUT2D eigenvalue weighted by molar-refractivity contribution is 4.78. The van der Waals surface area contributed by atoms with E-state index >= 15 is 0 Å². The summed E-state index contributed by atoms with van der Waals surface area (Å²) >= 11 is 0. The maximum atomic E-state index is 9.41. The fraction of sp³-hybridized carbons (Fsp3) is 1.00. The first-order chi connectivity index (χ1) is 7.14. The molecule has 0 bridgehead atoms. The van der Waals surface area contributed by atoms with E-state index < -0.39 is 0 Å². The Morgan fingerprint density at radius 1 is 1.20 bits per heavy atom. The molecule has 0 amide bonds. The van der Waals surface area contributed by atoms with Gasteiger partial charge in [-0.2, -0.15) is 0 Å². The van der Waals surface area contributed by atoms with Gasteiger partial charge in [0.2, 0.25) is 0 Å². The van der Waals surface area contributed by atoms with Gasteiger partial charge in [-0.15, -0.1) is 0 Å². The predicted molar refractivity (Wildman–Crippen MR) is 67.0 cm³/mol. The van der Waals surface area contributed by atoms with Crippen molar-refractivity contribution < 1.29 is 5.11 Å². The smallest absolute Gasteiger partial charge is 0.0499 e. The van der Waals surface area contributed by atoms with Crippen molar-refractivity contribution in [2.45, 2.75) is 53.4 Å². The molecule has 2 heteroatoms. The normalized spacial score (nSPS) is 14.2. The van der Waals surface area contributed by atoms with Gasteiger partial charge in [0, 0.05) is 18.6 Å². The Bertz CT molecular complexity index is 135. The van der Waals surface area contributed by atoms with E-state index in [1.165, 1.54) is 12.8 Å². The number of hydrogen-bond acceptors (Lipinski definition) is 2. The van der Waals surface area contributed by atoms with Crippen LogP contribution in [0.1, 0.15) is 53.4 Å². The lowest BCUT2D eigenvalue weighted by atomic mass is 9.83. The summed E-state index contributed by atoms with van der Waals surface area (Å²) in [4.78, 5) is 0. The van der Waals surface area contributed by atoms with E-state index in [1.807, 2.05) is 0 Å². The summed E-state index contributed by atoms with van der Waals surface area (Å²) in [5.41, 5.74) is 0.103. The van der Waals surface area contributed by atoms with Crippen LogP contribution in [0.15, 0.2) is 0 Å². The van der Waals surface area contributed by atoms with Gasteiger partial charge < -0.3 is 10.4 Å². The summed E-state index contributed by atoms with van der Waals surface area (Å²) in [7, 11) is 0. The molecule has 92 valence electrons. The lowest BCUT2D eigenvalue weighted by Crippen LogP contribution is -2.38. The molecule has 0 radical (unpaired) electrons. The summed E-state index contributed by atoms with van der Waals surface area (Å²) < 4.78 is 0. The van der Waals surface area contributed by atoms with E-state index in [4.69, 9.17) is 0 Å². The van der Waals surface area contributed by atoms with E-state index in [-0.39, 0.29) is 5.41 Å². The summed E-state index contributed by atoms with van der Waals surface area (Å²) in [6.45, 7) is 11.2. The maximum Gasteiger partial charge on any atom is 0.0499 e. The molecule has 2 N–H and O–H groups in total. The zero-order valence-corrected chi connectivity index (χ0v) is 11.0. The first-order valence-corrected chi connectivity index (χ1v) is 6.45. The van der Waals surface area contributed by atoms with Crippen LogP contribution in [0.3, 0.4) is 0 Å². The Labute approximate surface area is 95.5 Å². The Morgan fingerprint density at radius 3 is 2.20 bits per heavy atom. The lowest BCUT2D eigenvalue weighted by Gasteiger charge is -2.30. The van der Waals surface area contributed by atoms with Gasteiger partial charge in [-0.3, -0.25) is 0 Å². The number of nitrogens with one attached hydrogen (secondary N) is 1. The van der Waals surface area contributed by atoms with E-state index in [9.17, 15) is 5.11 Å². The molecule has 0 aliphatic carbocycles. The Kier molecular flexibility index (Phi) is 8.07. The molecule has 0 saturated carbocycles. The highest BCUT2D eigenvalue weighted by Gasteiger charge is 2.24. The van der Waals surface area contributed by atoms with Crippen LogP contribution in [-0.4, -0.2) is 24.8 Å². The van der Waals surface area contributed by atoms with Crippen molar-refractivity contribution in [2.75, 3.05) is 19.7 Å². The molecule has 2 nitrogen and oxygen atoms in total. The first-order valence-electron chi connectivity index (χ1n) is 6.45. The summed E-state index contributed by atoms with van der Waals surface area (Å²) in [6, 6.07) is 0. The van der Waals surface area contributed by atoms with Crippen LogP contribution in [0.2, 0.25) is 0 Å². The number of aliphatic hydroxyl groups excluding tert-OH is 1. The van der Waals surface area contributed by atoms with Crippen molar-refractivity contribution in [1.82, 2.24) is 5.32 Å². The van der Waals surface area contributed by atoms with Crippen LogP contribution in [0.25, 0.3) is 0 Å². The van der Waals surface area contributed by atoms with E-state index in [2.05, 4.69) is 33.0 Å². The summed E-state index contributed by atoms with van der Waals surface area (Å²) in [5, 5.41) is 12.9. The largest absolute Gasteiger partial charge is 0.396 e. The third-order valence-electron chi connectivity index (χ3n) is 3.61. The van der Waals surface area contributed by atoms with E-state index in [0.29, 0.717) is 6.61 Å². The third-order valence-corrected chi connectivity index (χ3v) is 3.61. The second kappa shape index (κ2) is 8.12. The molecule has 1 unspecified atom stereocenters. The minimum Gasteiger partial charge on any atom is -0.396 e. The van der Waals surface area contributed by atoms with Gasteiger partial charge >= 0.3 is 0 Å². The number of hydrogen-bond donors (Lipinski definition) is 2. The van der Waals surface area contributed by atoms with Crippen molar-refractivity contribution in [3.05, 3.63) is 0 Å². The fourth-order valence-electron chi connectivity index (χ4n) is 1.96. The lowest BCUT2D eigenvalue weighted by molar-refractivity contribution is 0.112. The minimum atomic E-state index is 0.103. The number of rotatable bonds is 9. The van der Waals surface area contributed by atoms with Gasteiger partial charge in [0.1, 0.15) is 0 Å². The molecule has 0 aliphatic rings. The van der Waals surface area contributed by atoms with Crippen LogP contribution in [0.4, 0.5) is 0 Å². The molecular formula is C13H29NO. The third kappa shape index (κ3) is 5.53. The molecule has 0 aromatic heterocycles. The van der Waals surface area contributed by atoms with Crippen molar-refractivity contribution in [3.8, 4) is 0 Å². The molecular weight excluding hydrogens is 186 g/mol. The standard InChI is InChI=1S/C13H29NO/c1-5-8-12(4)9-14-10-13(6-2,7-3)11-15/h12,14-15H,5-11H2,1-4H3. The molecule has 0 fully saturated rings. The summed E-state index contributed by atoms with van der Waals surface area (Å²) in [6.07, 6.45) is 4.65. The van der Waals surface area contributed by atoms with Crippen LogP contribution in [0, 0.1) is 11.3 Å². The Morgan fingerprint density at radius 2 is 1.80 bits per heavy atom. The number of aliphatic hydroxyl groups is 1. The second-order valence-corrected chi connectivity index (χ2v) is 4.89. The van der Waals surface area contributed by atoms with Gasteiger partial charge in [0.15, 0.2) is 0 Å². The molecule has 1 atom stereocenters. The average Bonchev–Trinajstić information content (AvgIpc) is 2.25. The van der Waals surface area contributed by atoms with Crippen molar-refractivity contribution in [2.24, 2.45) is 11.3 Å². The van der Waals surface area contributed by atoms with E-state index in [0.717, 1.165) is 31.8 Å². The SMILES string of the molecule is CCCC(C)CNCC(CC)(CC)CO. The molecule has 0 saturated heterocycles. The van der Waals surface area contributed by atoms with Gasteiger partial charge in [-0.05, 0) is 31.7 Å². The van der Waals surface area contributed by atoms with Crippen molar-refractivity contribution in [3.63, 3.8) is 0 Å². The molecule has 0 rings (SSSR count). The molecule has 0 aromatic rings. The molecule has 0 heterocycles. The van der Waals surface area contributed by atoms with Crippen LogP contribution >= 0.6 is 0 Å². The fourth-order valence-corrected chi connectivity index (χ4v) is 1.96. The maximum absolute atomic E-state index is 9.41.